The molecule has 0 saturated heterocycles. The number of hydrogen-bond acceptors (Lipinski definition) is 1. The molecule has 0 rings (SSSR count). The van der Waals surface area contributed by atoms with Crippen molar-refractivity contribution in [3.8, 4) is 0 Å². The van der Waals surface area contributed by atoms with Gasteiger partial charge in [0.1, 0.15) is 0 Å². The van der Waals surface area contributed by atoms with Crippen molar-refractivity contribution in [2.45, 2.75) is 26.7 Å². The Labute approximate surface area is 51.0 Å². The highest BCUT2D eigenvalue weighted by Crippen LogP contribution is 1.98. The van der Waals surface area contributed by atoms with Gasteiger partial charge in [-0.25, -0.2) is 0 Å². The monoisotopic (exact) mass is 114 g/mol. The van der Waals surface area contributed by atoms with E-state index >= 15 is 0 Å². The Morgan fingerprint density at radius 1 is 1.50 bits per heavy atom. The molecular weight excluding hydrogens is 100 g/mol. The van der Waals surface area contributed by atoms with Crippen LogP contribution < -0.4 is 0 Å². The van der Waals surface area contributed by atoms with E-state index in [1.165, 1.54) is 0 Å². The summed E-state index contributed by atoms with van der Waals surface area (Å²) in [6.07, 6.45) is 4.08. The van der Waals surface area contributed by atoms with E-state index < -0.39 is 0 Å². The number of hydrogen-bond donors (Lipinski definition) is 1. The first-order chi connectivity index (χ1) is 3.85. The number of rotatable bonds is 3. The van der Waals surface area contributed by atoms with E-state index in [0.717, 1.165) is 18.4 Å². The molecule has 48 valence electrons. The second-order valence-electron chi connectivity index (χ2n) is 1.78. The lowest BCUT2D eigenvalue weighted by Gasteiger charge is -1.94. The normalized spacial score (nSPS) is 12.1. The van der Waals surface area contributed by atoms with Gasteiger partial charge >= 0.3 is 0 Å². The van der Waals surface area contributed by atoms with Crippen molar-refractivity contribution in [1.82, 2.24) is 0 Å². The Morgan fingerprint density at radius 3 is 2.25 bits per heavy atom. The van der Waals surface area contributed by atoms with E-state index in [1.54, 1.807) is 0 Å². The second kappa shape index (κ2) is 4.85. The second-order valence-corrected chi connectivity index (χ2v) is 1.78. The van der Waals surface area contributed by atoms with Gasteiger partial charge in [0.05, 0.1) is 6.61 Å². The summed E-state index contributed by atoms with van der Waals surface area (Å²) >= 11 is 0. The van der Waals surface area contributed by atoms with Crippen molar-refractivity contribution in [3.63, 3.8) is 0 Å². The minimum atomic E-state index is 0.227. The predicted octanol–water partition coefficient (Wildman–Crippen LogP) is 1.73. The molecule has 0 saturated carbocycles. The van der Waals surface area contributed by atoms with E-state index in [9.17, 15) is 0 Å². The fraction of sp³-hybridized carbons (Fsp3) is 0.714. The lowest BCUT2D eigenvalue weighted by molar-refractivity contribution is 0.327. The Hall–Kier alpha value is -0.300. The number of aliphatic hydroxyl groups excluding tert-OH is 1. The number of aliphatic hydroxyl groups is 1. The third-order valence-electron chi connectivity index (χ3n) is 1.15. The fourth-order valence-corrected chi connectivity index (χ4v) is 0.609. The third-order valence-corrected chi connectivity index (χ3v) is 1.15. The van der Waals surface area contributed by atoms with Crippen molar-refractivity contribution >= 4 is 0 Å². The summed E-state index contributed by atoms with van der Waals surface area (Å²) in [5.41, 5.74) is 1.15. The highest BCUT2D eigenvalue weighted by atomic mass is 16.3. The summed E-state index contributed by atoms with van der Waals surface area (Å²) < 4.78 is 0. The van der Waals surface area contributed by atoms with Crippen molar-refractivity contribution in [2.75, 3.05) is 6.61 Å². The van der Waals surface area contributed by atoms with Crippen molar-refractivity contribution in [1.29, 1.82) is 0 Å². The maximum Gasteiger partial charge on any atom is 0.0641 e. The average Bonchev–Trinajstić information content (AvgIpc) is 1.83. The van der Waals surface area contributed by atoms with Crippen LogP contribution in [0.25, 0.3) is 0 Å². The maximum absolute atomic E-state index is 8.59. The third kappa shape index (κ3) is 2.80. The Kier molecular flexibility index (Phi) is 4.67. The molecule has 0 radical (unpaired) electrons. The molecule has 0 bridgehead atoms. The first-order valence-electron chi connectivity index (χ1n) is 3.13. The molecule has 0 amide bonds. The topological polar surface area (TPSA) is 20.2 Å². The minimum Gasteiger partial charge on any atom is -0.392 e. The van der Waals surface area contributed by atoms with Crippen LogP contribution in [0.5, 0.6) is 0 Å². The van der Waals surface area contributed by atoms with Gasteiger partial charge in [-0.05, 0) is 18.4 Å². The first kappa shape index (κ1) is 7.70. The molecule has 0 aliphatic rings. The van der Waals surface area contributed by atoms with Crippen LogP contribution in [0.15, 0.2) is 11.6 Å². The molecule has 0 aliphatic heterocycles. The van der Waals surface area contributed by atoms with Crippen LogP contribution in [0.4, 0.5) is 0 Å². The van der Waals surface area contributed by atoms with Crippen LogP contribution in [0, 0.1) is 0 Å². The minimum absolute atomic E-state index is 0.227. The van der Waals surface area contributed by atoms with Crippen LogP contribution in [0.1, 0.15) is 26.7 Å². The molecule has 0 atom stereocenters. The standard InChI is InChI=1S/C7H14O/c1-3-5-7(4-2)6-8/h5,8H,3-4,6H2,1-2H3/b7-5+. The molecule has 1 nitrogen and oxygen atoms in total. The first-order valence-corrected chi connectivity index (χ1v) is 3.13. The SMILES string of the molecule is CC/C=C(\CC)CO. The quantitative estimate of drug-likeness (QED) is 0.554. The molecule has 0 fully saturated rings. The maximum atomic E-state index is 8.59. The Morgan fingerprint density at radius 2 is 2.12 bits per heavy atom. The number of allylic oxidation sites excluding steroid dienone is 1. The van der Waals surface area contributed by atoms with E-state index in [-0.39, 0.29) is 6.61 Å². The molecule has 0 aromatic carbocycles. The van der Waals surface area contributed by atoms with Crippen LogP contribution >= 0.6 is 0 Å². The van der Waals surface area contributed by atoms with Gasteiger partial charge < -0.3 is 5.11 Å². The summed E-state index contributed by atoms with van der Waals surface area (Å²) in [7, 11) is 0. The molecule has 0 heterocycles. The lowest BCUT2D eigenvalue weighted by atomic mass is 10.2. The largest absolute Gasteiger partial charge is 0.392 e. The van der Waals surface area contributed by atoms with Gasteiger partial charge in [-0.15, -0.1) is 0 Å². The van der Waals surface area contributed by atoms with E-state index in [1.807, 2.05) is 0 Å². The van der Waals surface area contributed by atoms with E-state index in [4.69, 9.17) is 5.11 Å². The summed E-state index contributed by atoms with van der Waals surface area (Å²) in [6.45, 7) is 4.35. The van der Waals surface area contributed by atoms with Crippen molar-refractivity contribution in [2.24, 2.45) is 0 Å². The zero-order valence-corrected chi connectivity index (χ0v) is 5.65. The van der Waals surface area contributed by atoms with Gasteiger partial charge in [0.2, 0.25) is 0 Å². The Balaban J connectivity index is 3.49. The molecule has 0 aromatic rings. The lowest BCUT2D eigenvalue weighted by Crippen LogP contribution is -1.86. The highest BCUT2D eigenvalue weighted by molar-refractivity contribution is 4.99. The fourth-order valence-electron chi connectivity index (χ4n) is 0.609. The molecule has 0 aromatic heterocycles. The molecule has 0 aliphatic carbocycles. The zero-order valence-electron chi connectivity index (χ0n) is 5.65. The summed E-state index contributed by atoms with van der Waals surface area (Å²) in [6, 6.07) is 0. The van der Waals surface area contributed by atoms with E-state index in [0.29, 0.717) is 0 Å². The smallest absolute Gasteiger partial charge is 0.0641 e. The summed E-state index contributed by atoms with van der Waals surface area (Å²) in [4.78, 5) is 0. The summed E-state index contributed by atoms with van der Waals surface area (Å²) in [5.74, 6) is 0. The molecule has 1 N–H and O–H groups in total. The van der Waals surface area contributed by atoms with Crippen LogP contribution in [-0.4, -0.2) is 11.7 Å². The molecule has 1 heteroatoms. The van der Waals surface area contributed by atoms with Crippen LogP contribution in [-0.2, 0) is 0 Å². The highest BCUT2D eigenvalue weighted by Gasteiger charge is 1.85. The average molecular weight is 114 g/mol. The van der Waals surface area contributed by atoms with Gasteiger partial charge in [0, 0.05) is 0 Å². The van der Waals surface area contributed by atoms with Crippen molar-refractivity contribution < 1.29 is 5.11 Å². The molecule has 0 spiro atoms. The predicted molar refractivity (Wildman–Crippen MR) is 35.8 cm³/mol. The zero-order chi connectivity index (χ0) is 6.41. The Bertz CT molecular complexity index is 68.5. The summed E-state index contributed by atoms with van der Waals surface area (Å²) in [5, 5.41) is 8.59. The van der Waals surface area contributed by atoms with Crippen LogP contribution in [0.2, 0.25) is 0 Å². The van der Waals surface area contributed by atoms with E-state index in [2.05, 4.69) is 19.9 Å². The van der Waals surface area contributed by atoms with Gasteiger partial charge in [-0.1, -0.05) is 19.9 Å². The van der Waals surface area contributed by atoms with Gasteiger partial charge in [0.15, 0.2) is 0 Å². The van der Waals surface area contributed by atoms with Crippen molar-refractivity contribution in [3.05, 3.63) is 11.6 Å². The molecule has 8 heavy (non-hydrogen) atoms. The molecule has 0 unspecified atom stereocenters. The van der Waals surface area contributed by atoms with Gasteiger partial charge in [-0.2, -0.15) is 0 Å². The van der Waals surface area contributed by atoms with Gasteiger partial charge in [0.25, 0.3) is 0 Å². The van der Waals surface area contributed by atoms with Gasteiger partial charge in [-0.3, -0.25) is 0 Å². The molecular formula is C7H14O. The van der Waals surface area contributed by atoms with Crippen LogP contribution in [0.3, 0.4) is 0 Å².